The molecule has 96 valence electrons. The Hall–Kier alpha value is -0.940. The van der Waals surface area contributed by atoms with Gasteiger partial charge in [0.25, 0.3) is 0 Å². The average molecular weight is 373 g/mol. The second-order valence-electron chi connectivity index (χ2n) is 2.73. The quantitative estimate of drug-likeness (QED) is 0.608. The summed E-state index contributed by atoms with van der Waals surface area (Å²) in [7, 11) is 0. The lowest BCUT2D eigenvalue weighted by Crippen LogP contribution is -2.23. The summed E-state index contributed by atoms with van der Waals surface area (Å²) in [5, 5.41) is 0. The molecule has 3 nitrogen and oxygen atoms in total. The highest BCUT2D eigenvalue weighted by atomic mass is 127. The van der Waals surface area contributed by atoms with Gasteiger partial charge in [-0.05, 0) is 22.6 Å². The zero-order chi connectivity index (χ0) is 13.4. The van der Waals surface area contributed by atoms with Crippen molar-refractivity contribution >= 4 is 22.6 Å². The summed E-state index contributed by atoms with van der Waals surface area (Å²) in [6.45, 7) is 0. The molecule has 0 saturated heterocycles. The molecule has 0 unspecified atom stereocenters. The highest BCUT2D eigenvalue weighted by molar-refractivity contribution is 14.1. The van der Waals surface area contributed by atoms with E-state index in [1.807, 2.05) is 0 Å². The minimum Gasteiger partial charge on any atom is -0.390 e. The number of pyridine rings is 1. The first kappa shape index (κ1) is 14.1. The molecular weight excluding hydrogens is 371 g/mol. The number of halogens is 7. The number of rotatable bonds is 1. The summed E-state index contributed by atoms with van der Waals surface area (Å²) in [6, 6.07) is 0.296. The second kappa shape index (κ2) is 4.38. The maximum atomic E-state index is 12.3. The van der Waals surface area contributed by atoms with Crippen molar-refractivity contribution in [2.75, 3.05) is 0 Å². The monoisotopic (exact) mass is 373 g/mol. The largest absolute Gasteiger partial charge is 0.574 e. The standard InChI is InChI=1S/C7H2F6INO2/c8-6(9,10)5-4(14)2(16)1-3(15-5)17-7(11,12)13/h1H,(H,15,16). The highest BCUT2D eigenvalue weighted by Crippen LogP contribution is 2.31. The summed E-state index contributed by atoms with van der Waals surface area (Å²) < 4.78 is 74.8. The number of ether oxygens (including phenoxy) is 1. The molecule has 1 aromatic heterocycles. The Morgan fingerprint density at radius 1 is 1.18 bits per heavy atom. The summed E-state index contributed by atoms with van der Waals surface area (Å²) in [4.78, 5) is 12.4. The fraction of sp³-hybridized carbons (Fsp3) is 0.286. The van der Waals surface area contributed by atoms with Crippen LogP contribution in [0.3, 0.4) is 0 Å². The van der Waals surface area contributed by atoms with Gasteiger partial charge >= 0.3 is 12.5 Å². The predicted molar refractivity (Wildman–Crippen MR) is 51.5 cm³/mol. The molecule has 0 saturated carbocycles. The van der Waals surface area contributed by atoms with Crippen molar-refractivity contribution in [3.8, 4) is 5.88 Å². The molecule has 0 spiro atoms. The minimum absolute atomic E-state index is 0.296. The summed E-state index contributed by atoms with van der Waals surface area (Å²) in [6.07, 6.45) is -10.2. The Kier molecular flexibility index (Phi) is 3.64. The average Bonchev–Trinajstić information content (AvgIpc) is 2.06. The maximum Gasteiger partial charge on any atom is 0.574 e. The van der Waals surface area contributed by atoms with E-state index in [1.54, 1.807) is 0 Å². The Morgan fingerprint density at radius 3 is 2.12 bits per heavy atom. The van der Waals surface area contributed by atoms with Crippen LogP contribution in [0.4, 0.5) is 26.3 Å². The van der Waals surface area contributed by atoms with Gasteiger partial charge in [0, 0.05) is 6.07 Å². The zero-order valence-electron chi connectivity index (χ0n) is 7.54. The first-order chi connectivity index (χ1) is 7.50. The zero-order valence-corrected chi connectivity index (χ0v) is 9.70. The molecule has 1 N–H and O–H groups in total. The van der Waals surface area contributed by atoms with Crippen LogP contribution in [0.1, 0.15) is 5.69 Å². The van der Waals surface area contributed by atoms with Crippen molar-refractivity contribution in [3.05, 3.63) is 25.6 Å². The van der Waals surface area contributed by atoms with Crippen molar-refractivity contribution in [3.63, 3.8) is 0 Å². The van der Waals surface area contributed by atoms with Crippen LogP contribution < -0.4 is 10.2 Å². The number of nitrogens with one attached hydrogen (secondary N) is 1. The lowest BCUT2D eigenvalue weighted by Gasteiger charge is -2.13. The van der Waals surface area contributed by atoms with Gasteiger partial charge in [-0.2, -0.15) is 13.2 Å². The van der Waals surface area contributed by atoms with Crippen molar-refractivity contribution in [2.45, 2.75) is 12.5 Å². The lowest BCUT2D eigenvalue weighted by molar-refractivity contribution is -0.276. The van der Waals surface area contributed by atoms with Gasteiger partial charge in [0.2, 0.25) is 5.88 Å². The van der Waals surface area contributed by atoms with E-state index >= 15 is 0 Å². The van der Waals surface area contributed by atoms with Crippen molar-refractivity contribution in [1.29, 1.82) is 0 Å². The lowest BCUT2D eigenvalue weighted by atomic mass is 10.3. The van der Waals surface area contributed by atoms with E-state index in [-0.39, 0.29) is 0 Å². The number of alkyl halides is 6. The molecule has 0 aromatic carbocycles. The molecule has 0 aliphatic heterocycles. The Labute approximate surface area is 103 Å². The van der Waals surface area contributed by atoms with Crippen molar-refractivity contribution in [1.82, 2.24) is 4.98 Å². The molecule has 0 fully saturated rings. The van der Waals surface area contributed by atoms with Crippen molar-refractivity contribution < 1.29 is 31.1 Å². The number of hydrogen-bond acceptors (Lipinski definition) is 2. The molecule has 17 heavy (non-hydrogen) atoms. The number of hydrogen-bond donors (Lipinski definition) is 1. The Bertz CT molecular complexity index is 477. The van der Waals surface area contributed by atoms with Crippen LogP contribution in [0.2, 0.25) is 0 Å². The van der Waals surface area contributed by atoms with Crippen LogP contribution in [0.15, 0.2) is 10.9 Å². The molecule has 10 heteroatoms. The minimum atomic E-state index is -5.18. The van der Waals surface area contributed by atoms with E-state index in [1.165, 1.54) is 4.98 Å². The molecule has 0 aliphatic rings. The number of aromatic amines is 1. The van der Waals surface area contributed by atoms with Gasteiger partial charge in [0.15, 0.2) is 5.43 Å². The second-order valence-corrected chi connectivity index (χ2v) is 3.81. The number of H-pyrrole nitrogens is 1. The van der Waals surface area contributed by atoms with E-state index in [2.05, 4.69) is 4.74 Å². The first-order valence-corrected chi connectivity index (χ1v) is 4.84. The molecule has 0 atom stereocenters. The molecule has 1 heterocycles. The van der Waals surface area contributed by atoms with Gasteiger partial charge in [-0.25, -0.2) is 0 Å². The first-order valence-electron chi connectivity index (χ1n) is 3.76. The van der Waals surface area contributed by atoms with E-state index in [0.717, 1.165) is 22.6 Å². The van der Waals surface area contributed by atoms with Gasteiger partial charge in [0.05, 0.1) is 3.57 Å². The van der Waals surface area contributed by atoms with Crippen LogP contribution >= 0.6 is 22.6 Å². The molecule has 0 bridgehead atoms. The van der Waals surface area contributed by atoms with E-state index in [0.29, 0.717) is 6.07 Å². The molecule has 0 radical (unpaired) electrons. The molecule has 0 amide bonds. The van der Waals surface area contributed by atoms with Gasteiger partial charge < -0.3 is 9.72 Å². The molecule has 1 rings (SSSR count). The van der Waals surface area contributed by atoms with Crippen LogP contribution in [0.25, 0.3) is 0 Å². The van der Waals surface area contributed by atoms with E-state index in [4.69, 9.17) is 0 Å². The van der Waals surface area contributed by atoms with E-state index in [9.17, 15) is 31.1 Å². The third-order valence-corrected chi connectivity index (χ3v) is 2.53. The molecule has 0 aliphatic carbocycles. The van der Waals surface area contributed by atoms with Crippen LogP contribution in [-0.2, 0) is 6.18 Å². The smallest absolute Gasteiger partial charge is 0.390 e. The molecule has 1 aromatic rings. The Morgan fingerprint density at radius 2 is 1.71 bits per heavy atom. The van der Waals surface area contributed by atoms with Crippen LogP contribution in [0, 0.1) is 3.57 Å². The topological polar surface area (TPSA) is 42.1 Å². The van der Waals surface area contributed by atoms with E-state index < -0.39 is 33.1 Å². The van der Waals surface area contributed by atoms with Crippen molar-refractivity contribution in [2.24, 2.45) is 0 Å². The third-order valence-electron chi connectivity index (χ3n) is 1.46. The summed E-state index contributed by atoms with van der Waals surface area (Å²) >= 11 is 1.08. The SMILES string of the molecule is O=c1cc(OC(F)(F)F)[nH]c(C(F)(F)F)c1I. The summed E-state index contributed by atoms with van der Waals surface area (Å²) in [5.41, 5.74) is -2.79. The van der Waals surface area contributed by atoms with Crippen LogP contribution in [0.5, 0.6) is 5.88 Å². The number of aromatic nitrogens is 1. The van der Waals surface area contributed by atoms with Gasteiger partial charge in [-0.1, -0.05) is 0 Å². The fourth-order valence-electron chi connectivity index (χ4n) is 0.895. The van der Waals surface area contributed by atoms with Gasteiger partial charge in [-0.15, -0.1) is 13.2 Å². The fourth-order valence-corrected chi connectivity index (χ4v) is 1.49. The molecular formula is C7H2F6INO2. The summed E-state index contributed by atoms with van der Waals surface area (Å²) in [5.74, 6) is -1.31. The third kappa shape index (κ3) is 3.78. The van der Waals surface area contributed by atoms with Gasteiger partial charge in [-0.3, -0.25) is 4.79 Å². The van der Waals surface area contributed by atoms with Crippen LogP contribution in [-0.4, -0.2) is 11.3 Å². The van der Waals surface area contributed by atoms with Gasteiger partial charge in [0.1, 0.15) is 5.69 Å². The highest BCUT2D eigenvalue weighted by Gasteiger charge is 2.37. The Balaban J connectivity index is 3.30. The predicted octanol–water partition coefficient (Wildman–Crippen LogP) is 2.90. The maximum absolute atomic E-state index is 12.3. The normalized spacial score (nSPS) is 12.6.